The van der Waals surface area contributed by atoms with E-state index in [0.717, 1.165) is 10.1 Å². The Hall–Kier alpha value is -4.25. The minimum absolute atomic E-state index is 0.223. The molecule has 0 saturated carbocycles. The molecular formula is C24H25ClN6O5. The Morgan fingerprint density at radius 1 is 1.03 bits per heavy atom. The van der Waals surface area contributed by atoms with Crippen LogP contribution in [0.25, 0.3) is 11.2 Å². The zero-order chi connectivity index (χ0) is 26.0. The fourth-order valence-electron chi connectivity index (χ4n) is 3.82. The first-order valence-electron chi connectivity index (χ1n) is 10.8. The summed E-state index contributed by atoms with van der Waals surface area (Å²) in [6.07, 6.45) is 1.54. The molecule has 0 radical (unpaired) electrons. The van der Waals surface area contributed by atoms with Gasteiger partial charge in [0.15, 0.2) is 22.7 Å². The van der Waals surface area contributed by atoms with Crippen LogP contribution in [-0.4, -0.2) is 46.2 Å². The minimum atomic E-state index is -0.484. The molecule has 1 N–H and O–H groups in total. The number of rotatable bonds is 8. The number of anilines is 1. The second-order valence-corrected chi connectivity index (χ2v) is 8.23. The average Bonchev–Trinajstić information content (AvgIpc) is 3.24. The molecule has 11 nitrogen and oxygen atoms in total. The lowest BCUT2D eigenvalue weighted by Gasteiger charge is -2.12. The van der Waals surface area contributed by atoms with Gasteiger partial charge in [-0.3, -0.25) is 18.5 Å². The van der Waals surface area contributed by atoms with Crippen molar-refractivity contribution in [2.24, 2.45) is 19.2 Å². The van der Waals surface area contributed by atoms with Gasteiger partial charge in [-0.15, -0.1) is 0 Å². The van der Waals surface area contributed by atoms with Gasteiger partial charge >= 0.3 is 5.69 Å². The van der Waals surface area contributed by atoms with Gasteiger partial charge in [-0.05, 0) is 23.8 Å². The summed E-state index contributed by atoms with van der Waals surface area (Å²) in [5.41, 5.74) is 3.82. The third-order valence-corrected chi connectivity index (χ3v) is 6.07. The lowest BCUT2D eigenvalue weighted by Crippen LogP contribution is -2.37. The SMILES string of the molecule is COc1cc(C=NNc2nc3c(c(=O)n(C)c(=O)n3C)n2Cc2ccccc2Cl)cc(OC)c1OC. The van der Waals surface area contributed by atoms with E-state index >= 15 is 0 Å². The molecule has 12 heteroatoms. The highest BCUT2D eigenvalue weighted by Crippen LogP contribution is 2.37. The highest BCUT2D eigenvalue weighted by atomic mass is 35.5. The van der Waals surface area contributed by atoms with E-state index in [2.05, 4.69) is 15.5 Å². The van der Waals surface area contributed by atoms with Crippen molar-refractivity contribution in [2.45, 2.75) is 6.54 Å². The Labute approximate surface area is 211 Å². The molecular weight excluding hydrogens is 488 g/mol. The fraction of sp³-hybridized carbons (Fsp3) is 0.250. The highest BCUT2D eigenvalue weighted by molar-refractivity contribution is 6.31. The van der Waals surface area contributed by atoms with Crippen LogP contribution in [-0.2, 0) is 20.6 Å². The van der Waals surface area contributed by atoms with Crippen molar-refractivity contribution in [3.8, 4) is 17.2 Å². The van der Waals surface area contributed by atoms with Crippen molar-refractivity contribution in [1.82, 2.24) is 18.7 Å². The molecule has 0 saturated heterocycles. The van der Waals surface area contributed by atoms with Crippen LogP contribution < -0.4 is 30.9 Å². The first-order valence-corrected chi connectivity index (χ1v) is 11.2. The van der Waals surface area contributed by atoms with Crippen LogP contribution in [0, 0.1) is 0 Å². The number of hydrazone groups is 1. The average molecular weight is 513 g/mol. The minimum Gasteiger partial charge on any atom is -0.493 e. The normalized spacial score (nSPS) is 11.3. The number of fused-ring (bicyclic) bond motifs is 1. The summed E-state index contributed by atoms with van der Waals surface area (Å²) in [4.78, 5) is 30.0. The number of hydrogen-bond donors (Lipinski definition) is 1. The summed E-state index contributed by atoms with van der Waals surface area (Å²) >= 11 is 6.38. The predicted octanol–water partition coefficient (Wildman–Crippen LogP) is 2.61. The van der Waals surface area contributed by atoms with Gasteiger partial charge in [0.2, 0.25) is 11.7 Å². The number of halogens is 1. The van der Waals surface area contributed by atoms with Crippen LogP contribution in [0.5, 0.6) is 17.2 Å². The molecule has 0 amide bonds. The standard InChI is InChI=1S/C24H25ClN6O5/c1-29-21-19(22(32)30(2)24(29)33)31(13-15-8-6-7-9-16(15)25)23(27-21)28-26-12-14-10-17(34-3)20(36-5)18(11-14)35-4/h6-12H,13H2,1-5H3,(H,27,28). The Morgan fingerprint density at radius 2 is 1.69 bits per heavy atom. The summed E-state index contributed by atoms with van der Waals surface area (Å²) in [6.45, 7) is 0.228. The van der Waals surface area contributed by atoms with Gasteiger partial charge in [-0.1, -0.05) is 29.8 Å². The number of nitrogens with zero attached hydrogens (tertiary/aromatic N) is 5. The van der Waals surface area contributed by atoms with Gasteiger partial charge in [0.25, 0.3) is 5.56 Å². The second-order valence-electron chi connectivity index (χ2n) is 7.82. The molecule has 0 atom stereocenters. The predicted molar refractivity (Wildman–Crippen MR) is 138 cm³/mol. The monoisotopic (exact) mass is 512 g/mol. The molecule has 2 aromatic heterocycles. The molecule has 0 aliphatic rings. The zero-order valence-corrected chi connectivity index (χ0v) is 21.2. The molecule has 188 valence electrons. The Balaban J connectivity index is 1.80. The number of ether oxygens (including phenoxy) is 3. The van der Waals surface area contributed by atoms with Crippen LogP contribution in [0.15, 0.2) is 51.1 Å². The maximum absolute atomic E-state index is 13.1. The maximum atomic E-state index is 13.1. The summed E-state index contributed by atoms with van der Waals surface area (Å²) < 4.78 is 20.1. The highest BCUT2D eigenvalue weighted by Gasteiger charge is 2.20. The molecule has 4 rings (SSSR count). The summed E-state index contributed by atoms with van der Waals surface area (Å²) in [5, 5.41) is 4.84. The fourth-order valence-corrected chi connectivity index (χ4v) is 4.02. The van der Waals surface area contributed by atoms with E-state index < -0.39 is 11.2 Å². The summed E-state index contributed by atoms with van der Waals surface area (Å²) in [6, 6.07) is 10.8. The smallest absolute Gasteiger partial charge is 0.332 e. The van der Waals surface area contributed by atoms with Crippen LogP contribution in [0.4, 0.5) is 5.95 Å². The summed E-state index contributed by atoms with van der Waals surface area (Å²) in [5.74, 6) is 1.67. The largest absolute Gasteiger partial charge is 0.493 e. The number of aromatic nitrogens is 4. The molecule has 0 aliphatic heterocycles. The van der Waals surface area contributed by atoms with E-state index in [1.807, 2.05) is 18.2 Å². The Bertz CT molecular complexity index is 1560. The van der Waals surface area contributed by atoms with Crippen molar-refractivity contribution >= 4 is 34.9 Å². The number of aryl methyl sites for hydroxylation is 1. The number of hydrogen-bond acceptors (Lipinski definition) is 8. The Morgan fingerprint density at radius 3 is 2.31 bits per heavy atom. The molecule has 0 spiro atoms. The van der Waals surface area contributed by atoms with Gasteiger partial charge in [0, 0.05) is 24.7 Å². The van der Waals surface area contributed by atoms with Crippen LogP contribution >= 0.6 is 11.6 Å². The van der Waals surface area contributed by atoms with Crippen LogP contribution in [0.1, 0.15) is 11.1 Å². The first kappa shape index (κ1) is 24.9. The molecule has 0 fully saturated rings. The number of methoxy groups -OCH3 is 3. The van der Waals surface area contributed by atoms with E-state index in [4.69, 9.17) is 25.8 Å². The molecule has 2 heterocycles. The summed E-state index contributed by atoms with van der Waals surface area (Å²) in [7, 11) is 7.56. The molecule has 0 aliphatic carbocycles. The van der Waals surface area contributed by atoms with Crippen LogP contribution in [0.2, 0.25) is 5.02 Å². The lowest BCUT2D eigenvalue weighted by molar-refractivity contribution is 0.324. The zero-order valence-electron chi connectivity index (χ0n) is 20.4. The molecule has 2 aromatic carbocycles. The van der Waals surface area contributed by atoms with Crippen LogP contribution in [0.3, 0.4) is 0 Å². The molecule has 0 unspecified atom stereocenters. The maximum Gasteiger partial charge on any atom is 0.332 e. The Kier molecular flexibility index (Phi) is 7.02. The van der Waals surface area contributed by atoms with Crippen molar-refractivity contribution < 1.29 is 14.2 Å². The quantitative estimate of drug-likeness (QED) is 0.285. The number of nitrogens with one attached hydrogen (secondary N) is 1. The third kappa shape index (κ3) is 4.40. The third-order valence-electron chi connectivity index (χ3n) is 5.70. The van der Waals surface area contributed by atoms with Gasteiger partial charge in [0.05, 0.1) is 34.1 Å². The van der Waals surface area contributed by atoms with Gasteiger partial charge in [-0.2, -0.15) is 10.1 Å². The van der Waals surface area contributed by atoms with E-state index in [1.165, 1.54) is 32.9 Å². The van der Waals surface area contributed by atoms with Gasteiger partial charge in [-0.25, -0.2) is 10.2 Å². The molecule has 4 aromatic rings. The van der Waals surface area contributed by atoms with Gasteiger partial charge < -0.3 is 14.2 Å². The van der Waals surface area contributed by atoms with E-state index in [1.54, 1.807) is 36.0 Å². The first-order chi connectivity index (χ1) is 17.3. The second kappa shape index (κ2) is 10.2. The lowest BCUT2D eigenvalue weighted by atomic mass is 10.2. The van der Waals surface area contributed by atoms with Crippen molar-refractivity contribution in [3.05, 3.63) is 73.4 Å². The molecule has 0 bridgehead atoms. The number of imidazole rings is 1. The van der Waals surface area contributed by atoms with E-state index in [-0.39, 0.29) is 23.7 Å². The molecule has 36 heavy (non-hydrogen) atoms. The van der Waals surface area contributed by atoms with E-state index in [0.29, 0.717) is 27.8 Å². The van der Waals surface area contributed by atoms with E-state index in [9.17, 15) is 9.59 Å². The van der Waals surface area contributed by atoms with Gasteiger partial charge in [0.1, 0.15) is 0 Å². The van der Waals surface area contributed by atoms with Crippen molar-refractivity contribution in [1.29, 1.82) is 0 Å². The topological polar surface area (TPSA) is 114 Å². The van der Waals surface area contributed by atoms with Crippen molar-refractivity contribution in [2.75, 3.05) is 26.8 Å². The number of benzene rings is 2. The van der Waals surface area contributed by atoms with Crippen molar-refractivity contribution in [3.63, 3.8) is 0 Å².